The molecule has 1 aromatic rings. The molecule has 2 nitrogen and oxygen atoms in total. The van der Waals surface area contributed by atoms with Gasteiger partial charge in [-0.3, -0.25) is 0 Å². The zero-order valence-electron chi connectivity index (χ0n) is 10.1. The highest BCUT2D eigenvalue weighted by Gasteiger charge is 2.17. The minimum atomic E-state index is -3.44. The van der Waals surface area contributed by atoms with Crippen LogP contribution in [0.15, 0.2) is 64.9 Å². The van der Waals surface area contributed by atoms with Crippen molar-refractivity contribution in [2.75, 3.05) is 0 Å². The fourth-order valence-electron chi connectivity index (χ4n) is 1.37. The maximum absolute atomic E-state index is 12.3. The van der Waals surface area contributed by atoms with E-state index in [1.807, 2.05) is 6.92 Å². The van der Waals surface area contributed by atoms with E-state index in [1.165, 1.54) is 12.2 Å². The van der Waals surface area contributed by atoms with E-state index in [0.29, 0.717) is 4.90 Å². The highest BCUT2D eigenvalue weighted by molar-refractivity contribution is 7.95. The van der Waals surface area contributed by atoms with Gasteiger partial charge >= 0.3 is 0 Å². The van der Waals surface area contributed by atoms with Crippen molar-refractivity contribution in [1.29, 1.82) is 0 Å². The molecule has 0 aromatic heterocycles. The lowest BCUT2D eigenvalue weighted by Gasteiger charge is -2.05. The van der Waals surface area contributed by atoms with Gasteiger partial charge in [-0.1, -0.05) is 36.4 Å². The molecular weight excluding hydrogens is 232 g/mol. The third-order valence-corrected chi connectivity index (χ3v) is 4.04. The molecule has 17 heavy (non-hydrogen) atoms. The molecule has 0 aliphatic heterocycles. The Hall–Kier alpha value is -1.61. The zero-order valence-corrected chi connectivity index (χ0v) is 10.9. The van der Waals surface area contributed by atoms with Crippen LogP contribution in [-0.4, -0.2) is 8.42 Å². The lowest BCUT2D eigenvalue weighted by Crippen LogP contribution is -2.03. The molecule has 0 atom stereocenters. The quantitative estimate of drug-likeness (QED) is 0.765. The molecule has 0 amide bonds. The van der Waals surface area contributed by atoms with Crippen LogP contribution in [0.1, 0.15) is 12.5 Å². The molecular formula is C14H16O2S. The van der Waals surface area contributed by atoms with Crippen LogP contribution >= 0.6 is 0 Å². The first-order valence-electron chi connectivity index (χ1n) is 5.29. The first-order valence-corrected chi connectivity index (χ1v) is 6.78. The summed E-state index contributed by atoms with van der Waals surface area (Å²) in [7, 11) is -3.44. The van der Waals surface area contributed by atoms with E-state index in [2.05, 4.69) is 6.58 Å². The van der Waals surface area contributed by atoms with Crippen LogP contribution < -0.4 is 0 Å². The van der Waals surface area contributed by atoms with Gasteiger partial charge in [0.2, 0.25) is 9.84 Å². The summed E-state index contributed by atoms with van der Waals surface area (Å²) in [5, 5.41) is 0. The van der Waals surface area contributed by atoms with Gasteiger partial charge < -0.3 is 0 Å². The summed E-state index contributed by atoms with van der Waals surface area (Å²) < 4.78 is 24.5. The van der Waals surface area contributed by atoms with Gasteiger partial charge in [-0.05, 0) is 38.1 Å². The van der Waals surface area contributed by atoms with Crippen LogP contribution in [0.4, 0.5) is 0 Å². The second-order valence-corrected chi connectivity index (χ2v) is 5.57. The second-order valence-electron chi connectivity index (χ2n) is 3.62. The average molecular weight is 248 g/mol. The Morgan fingerprint density at radius 1 is 1.24 bits per heavy atom. The van der Waals surface area contributed by atoms with E-state index in [4.69, 9.17) is 0 Å². The fourth-order valence-corrected chi connectivity index (χ4v) is 2.73. The van der Waals surface area contributed by atoms with Gasteiger partial charge in [-0.25, -0.2) is 8.42 Å². The number of rotatable bonds is 4. The lowest BCUT2D eigenvalue weighted by molar-refractivity contribution is 0.603. The van der Waals surface area contributed by atoms with Gasteiger partial charge in [-0.15, -0.1) is 0 Å². The predicted octanol–water partition coefficient (Wildman–Crippen LogP) is 3.41. The molecule has 0 saturated carbocycles. The maximum Gasteiger partial charge on any atom is 0.206 e. The zero-order chi connectivity index (χ0) is 12.9. The fraction of sp³-hybridized carbons (Fsp3) is 0.143. The van der Waals surface area contributed by atoms with Gasteiger partial charge in [0.05, 0.1) is 9.80 Å². The highest BCUT2D eigenvalue weighted by Crippen LogP contribution is 2.20. The van der Waals surface area contributed by atoms with E-state index in [1.54, 1.807) is 43.3 Å². The van der Waals surface area contributed by atoms with Crippen molar-refractivity contribution in [3.8, 4) is 0 Å². The number of hydrogen-bond donors (Lipinski definition) is 0. The van der Waals surface area contributed by atoms with Crippen molar-refractivity contribution >= 4 is 9.84 Å². The SMILES string of the molecule is C=C/C=C(\C=C/C)S(=O)(=O)c1ccc(C)cc1. The Balaban J connectivity index is 3.31. The normalized spacial score (nSPS) is 12.9. The van der Waals surface area contributed by atoms with Crippen molar-refractivity contribution in [2.24, 2.45) is 0 Å². The molecule has 90 valence electrons. The Kier molecular flexibility index (Phi) is 4.46. The third-order valence-electron chi connectivity index (χ3n) is 2.25. The highest BCUT2D eigenvalue weighted by atomic mass is 32.2. The van der Waals surface area contributed by atoms with E-state index in [-0.39, 0.29) is 4.91 Å². The maximum atomic E-state index is 12.3. The van der Waals surface area contributed by atoms with E-state index in [0.717, 1.165) is 5.56 Å². The topological polar surface area (TPSA) is 34.1 Å². The van der Waals surface area contributed by atoms with E-state index in [9.17, 15) is 8.42 Å². The molecule has 0 saturated heterocycles. The average Bonchev–Trinajstić information content (AvgIpc) is 2.29. The number of allylic oxidation sites excluding steroid dienone is 4. The molecule has 0 bridgehead atoms. The molecule has 0 heterocycles. The number of benzene rings is 1. The largest absolute Gasteiger partial charge is 0.219 e. The minimum absolute atomic E-state index is 0.249. The number of hydrogen-bond acceptors (Lipinski definition) is 2. The van der Waals surface area contributed by atoms with Gasteiger partial charge in [0.1, 0.15) is 0 Å². The summed E-state index contributed by atoms with van der Waals surface area (Å²) in [6.07, 6.45) is 6.23. The van der Waals surface area contributed by atoms with Gasteiger partial charge in [0, 0.05) is 0 Å². The molecule has 0 aliphatic rings. The van der Waals surface area contributed by atoms with Gasteiger partial charge in [0.15, 0.2) is 0 Å². The van der Waals surface area contributed by atoms with Crippen LogP contribution in [0, 0.1) is 6.92 Å². The van der Waals surface area contributed by atoms with Crippen LogP contribution in [-0.2, 0) is 9.84 Å². The minimum Gasteiger partial charge on any atom is -0.219 e. The molecule has 1 aromatic carbocycles. The molecule has 0 aliphatic carbocycles. The second kappa shape index (κ2) is 5.64. The molecule has 0 unspecified atom stereocenters. The Morgan fingerprint density at radius 3 is 2.29 bits per heavy atom. The molecule has 0 fully saturated rings. The summed E-state index contributed by atoms with van der Waals surface area (Å²) in [5.74, 6) is 0. The third kappa shape index (κ3) is 3.17. The number of sulfone groups is 1. The summed E-state index contributed by atoms with van der Waals surface area (Å²) in [6, 6.07) is 6.80. The van der Waals surface area contributed by atoms with E-state index >= 15 is 0 Å². The van der Waals surface area contributed by atoms with Crippen molar-refractivity contribution in [2.45, 2.75) is 18.7 Å². The van der Waals surface area contributed by atoms with Crippen molar-refractivity contribution < 1.29 is 8.42 Å². The van der Waals surface area contributed by atoms with Crippen LogP contribution in [0.2, 0.25) is 0 Å². The van der Waals surface area contributed by atoms with Crippen LogP contribution in [0.25, 0.3) is 0 Å². The first kappa shape index (κ1) is 13.5. The number of aryl methyl sites for hydroxylation is 1. The first-order chi connectivity index (χ1) is 8.02. The van der Waals surface area contributed by atoms with E-state index < -0.39 is 9.84 Å². The van der Waals surface area contributed by atoms with Crippen LogP contribution in [0.3, 0.4) is 0 Å². The van der Waals surface area contributed by atoms with Crippen molar-refractivity contribution in [3.05, 3.63) is 65.6 Å². The summed E-state index contributed by atoms with van der Waals surface area (Å²) in [5.41, 5.74) is 1.03. The molecule has 0 radical (unpaired) electrons. The Bertz CT molecular complexity index is 546. The van der Waals surface area contributed by atoms with Gasteiger partial charge in [0.25, 0.3) is 0 Å². The Morgan fingerprint density at radius 2 is 1.82 bits per heavy atom. The summed E-state index contributed by atoms with van der Waals surface area (Å²) in [6.45, 7) is 7.23. The predicted molar refractivity (Wildman–Crippen MR) is 71.5 cm³/mol. The molecule has 0 N–H and O–H groups in total. The standard InChI is InChI=1S/C14H16O2S/c1-4-6-13(7-5-2)17(15,16)14-10-8-12(3)9-11-14/h4-11H,1H2,2-3H3/b7-5-,13-6+. The van der Waals surface area contributed by atoms with Gasteiger partial charge in [-0.2, -0.15) is 0 Å². The summed E-state index contributed by atoms with van der Waals surface area (Å²) in [4.78, 5) is 0.549. The van der Waals surface area contributed by atoms with Crippen molar-refractivity contribution in [1.82, 2.24) is 0 Å². The summed E-state index contributed by atoms with van der Waals surface area (Å²) >= 11 is 0. The molecule has 0 spiro atoms. The van der Waals surface area contributed by atoms with Crippen LogP contribution in [0.5, 0.6) is 0 Å². The van der Waals surface area contributed by atoms with Crippen molar-refractivity contribution in [3.63, 3.8) is 0 Å². The molecule has 1 rings (SSSR count). The monoisotopic (exact) mass is 248 g/mol. The Labute approximate surface area is 103 Å². The molecule has 3 heteroatoms. The lowest BCUT2D eigenvalue weighted by atomic mass is 10.2. The smallest absolute Gasteiger partial charge is 0.206 e.